The first kappa shape index (κ1) is 18.3. The second-order valence-corrected chi connectivity index (χ2v) is 6.07. The van der Waals surface area contributed by atoms with E-state index in [0.29, 0.717) is 12.1 Å². The predicted octanol–water partition coefficient (Wildman–Crippen LogP) is 1.87. The van der Waals surface area contributed by atoms with Gasteiger partial charge in [0, 0.05) is 13.1 Å². The summed E-state index contributed by atoms with van der Waals surface area (Å²) in [5, 5.41) is 21.1. The zero-order valence-electron chi connectivity index (χ0n) is 14.0. The number of aromatic nitrogens is 4. The van der Waals surface area contributed by atoms with E-state index in [1.54, 1.807) is 10.7 Å². The Kier molecular flexibility index (Phi) is 5.89. The van der Waals surface area contributed by atoms with Crippen molar-refractivity contribution in [2.75, 3.05) is 13.1 Å². The van der Waals surface area contributed by atoms with Crippen molar-refractivity contribution in [2.45, 2.75) is 39.5 Å². The van der Waals surface area contributed by atoms with Crippen LogP contribution < -0.4 is 0 Å². The van der Waals surface area contributed by atoms with Gasteiger partial charge in [-0.05, 0) is 55.0 Å². The van der Waals surface area contributed by atoms with Crippen LogP contribution in [0.15, 0.2) is 18.2 Å². The fourth-order valence-electron chi connectivity index (χ4n) is 3.07. The Balaban J connectivity index is 0.00000208. The summed E-state index contributed by atoms with van der Waals surface area (Å²) in [5.74, 6) is 0.791. The summed E-state index contributed by atoms with van der Waals surface area (Å²) in [6.07, 6.45) is 0.416. The first-order chi connectivity index (χ1) is 11.1. The van der Waals surface area contributed by atoms with E-state index in [9.17, 15) is 0 Å². The van der Waals surface area contributed by atoms with Crippen LogP contribution in [0.5, 0.6) is 0 Å². The third kappa shape index (κ3) is 3.90. The Morgan fingerprint density at radius 1 is 1.29 bits per heavy atom. The second kappa shape index (κ2) is 7.71. The van der Waals surface area contributed by atoms with Crippen LogP contribution in [0.1, 0.15) is 30.8 Å². The van der Waals surface area contributed by atoms with Gasteiger partial charge in [-0.2, -0.15) is 9.94 Å². The van der Waals surface area contributed by atoms with Crippen molar-refractivity contribution < 1.29 is 4.74 Å². The van der Waals surface area contributed by atoms with Gasteiger partial charge in [0.05, 0.1) is 36.1 Å². The highest BCUT2D eigenvalue weighted by molar-refractivity contribution is 5.85. The van der Waals surface area contributed by atoms with E-state index in [1.165, 1.54) is 0 Å². The van der Waals surface area contributed by atoms with Gasteiger partial charge in [0.25, 0.3) is 0 Å². The van der Waals surface area contributed by atoms with Gasteiger partial charge in [0.15, 0.2) is 5.82 Å². The molecule has 7 nitrogen and oxygen atoms in total. The molecule has 2 aromatic rings. The first-order valence-corrected chi connectivity index (χ1v) is 7.73. The molecule has 1 aromatic carbocycles. The molecule has 0 bridgehead atoms. The van der Waals surface area contributed by atoms with Crippen molar-refractivity contribution in [3.8, 4) is 11.8 Å². The molecule has 0 aliphatic carbocycles. The molecule has 2 atom stereocenters. The summed E-state index contributed by atoms with van der Waals surface area (Å²) in [5.41, 5.74) is 2.51. The number of nitrogens with zero attached hydrogens (tertiary/aromatic N) is 6. The molecule has 0 amide bonds. The van der Waals surface area contributed by atoms with Crippen molar-refractivity contribution in [1.82, 2.24) is 25.1 Å². The molecule has 1 aliphatic rings. The maximum atomic E-state index is 8.99. The van der Waals surface area contributed by atoms with Crippen LogP contribution in [0.2, 0.25) is 0 Å². The molecule has 1 aliphatic heterocycles. The lowest BCUT2D eigenvalue weighted by molar-refractivity contribution is -0.0712. The molecule has 1 aromatic heterocycles. The molecule has 24 heavy (non-hydrogen) atoms. The number of hydrogen-bond acceptors (Lipinski definition) is 6. The van der Waals surface area contributed by atoms with Gasteiger partial charge in [-0.25, -0.2) is 0 Å². The molecule has 2 unspecified atom stereocenters. The Hall–Kier alpha value is -2.01. The number of morpholine rings is 1. The van der Waals surface area contributed by atoms with Crippen molar-refractivity contribution in [1.29, 1.82) is 5.26 Å². The second-order valence-electron chi connectivity index (χ2n) is 6.07. The van der Waals surface area contributed by atoms with Gasteiger partial charge >= 0.3 is 0 Å². The van der Waals surface area contributed by atoms with E-state index in [4.69, 9.17) is 10.00 Å². The molecule has 2 heterocycles. The van der Waals surface area contributed by atoms with E-state index in [2.05, 4.69) is 40.3 Å². The van der Waals surface area contributed by atoms with Gasteiger partial charge in [0.2, 0.25) is 0 Å². The summed E-state index contributed by atoms with van der Waals surface area (Å²) in [4.78, 5) is 2.31. The minimum Gasteiger partial charge on any atom is -0.373 e. The minimum absolute atomic E-state index is 0. The summed E-state index contributed by atoms with van der Waals surface area (Å²) in [7, 11) is 0. The van der Waals surface area contributed by atoms with E-state index in [-0.39, 0.29) is 24.6 Å². The van der Waals surface area contributed by atoms with Crippen molar-refractivity contribution in [3.63, 3.8) is 0 Å². The summed E-state index contributed by atoms with van der Waals surface area (Å²) >= 11 is 0. The Morgan fingerprint density at radius 3 is 2.62 bits per heavy atom. The molecule has 1 fully saturated rings. The summed E-state index contributed by atoms with van der Waals surface area (Å²) in [6, 6.07) is 7.67. The average Bonchev–Trinajstić information content (AvgIpc) is 2.94. The molecule has 1 saturated heterocycles. The predicted molar refractivity (Wildman–Crippen MR) is 91.1 cm³/mol. The molecule has 128 valence electrons. The van der Waals surface area contributed by atoms with E-state index < -0.39 is 0 Å². The number of tetrazole rings is 1. The lowest BCUT2D eigenvalue weighted by Crippen LogP contribution is -2.45. The standard InChI is InChI=1S/C16H20N6O.ClH/c1-11-6-14(7-17)4-5-15(11)22-16(18-19-20-22)10-21-8-12(2)23-13(3)9-21;/h4-6,12-13H,8-10H2,1-3H3;1H. The largest absolute Gasteiger partial charge is 0.373 e. The van der Waals surface area contributed by atoms with Crippen molar-refractivity contribution >= 4 is 12.4 Å². The van der Waals surface area contributed by atoms with Crippen LogP contribution in [0.3, 0.4) is 0 Å². The quantitative estimate of drug-likeness (QED) is 0.842. The lowest BCUT2D eigenvalue weighted by Gasteiger charge is -2.34. The maximum Gasteiger partial charge on any atom is 0.170 e. The van der Waals surface area contributed by atoms with Crippen LogP contribution in [0.4, 0.5) is 0 Å². The van der Waals surface area contributed by atoms with Crippen LogP contribution >= 0.6 is 12.4 Å². The van der Waals surface area contributed by atoms with Crippen LogP contribution in [-0.2, 0) is 11.3 Å². The zero-order chi connectivity index (χ0) is 16.4. The maximum absolute atomic E-state index is 8.99. The van der Waals surface area contributed by atoms with Crippen LogP contribution in [0, 0.1) is 18.3 Å². The molecular weight excluding hydrogens is 328 g/mol. The number of hydrogen-bond donors (Lipinski definition) is 0. The number of halogens is 1. The van der Waals surface area contributed by atoms with Crippen molar-refractivity contribution in [2.24, 2.45) is 0 Å². The third-order valence-corrected chi connectivity index (χ3v) is 3.95. The molecular formula is C16H21ClN6O. The zero-order valence-corrected chi connectivity index (χ0v) is 14.8. The van der Waals surface area contributed by atoms with Crippen LogP contribution in [0.25, 0.3) is 5.69 Å². The lowest BCUT2D eigenvalue weighted by atomic mass is 10.1. The molecule has 0 radical (unpaired) electrons. The minimum atomic E-state index is 0. The van der Waals surface area contributed by atoms with E-state index >= 15 is 0 Å². The average molecular weight is 349 g/mol. The van der Waals surface area contributed by atoms with Gasteiger partial charge in [0.1, 0.15) is 0 Å². The Morgan fingerprint density at radius 2 is 2.00 bits per heavy atom. The van der Waals surface area contributed by atoms with Crippen molar-refractivity contribution in [3.05, 3.63) is 35.2 Å². The number of aryl methyl sites for hydroxylation is 1. The summed E-state index contributed by atoms with van der Waals surface area (Å²) in [6.45, 7) is 8.52. The third-order valence-electron chi connectivity index (χ3n) is 3.95. The van der Waals surface area contributed by atoms with Gasteiger partial charge in [-0.15, -0.1) is 17.5 Å². The normalized spacial score (nSPS) is 21.1. The fourth-order valence-corrected chi connectivity index (χ4v) is 3.07. The number of nitriles is 1. The highest BCUT2D eigenvalue weighted by Gasteiger charge is 2.24. The highest BCUT2D eigenvalue weighted by atomic mass is 35.5. The molecule has 3 rings (SSSR count). The Labute approximate surface area is 147 Å². The molecule has 0 spiro atoms. The smallest absolute Gasteiger partial charge is 0.170 e. The topological polar surface area (TPSA) is 79.9 Å². The SMILES string of the molecule is Cc1cc(C#N)ccc1-n1nnnc1CN1CC(C)OC(C)C1.Cl. The number of ether oxygens (including phenoxy) is 1. The van der Waals surface area contributed by atoms with Gasteiger partial charge in [-0.3, -0.25) is 4.90 Å². The Bertz CT molecular complexity index is 730. The highest BCUT2D eigenvalue weighted by Crippen LogP contribution is 2.18. The first-order valence-electron chi connectivity index (χ1n) is 7.73. The number of rotatable bonds is 3. The van der Waals surface area contributed by atoms with Crippen LogP contribution in [-0.4, -0.2) is 50.4 Å². The monoisotopic (exact) mass is 348 g/mol. The fraction of sp³-hybridized carbons (Fsp3) is 0.500. The molecule has 0 N–H and O–H groups in total. The number of benzene rings is 1. The van der Waals surface area contributed by atoms with Gasteiger partial charge < -0.3 is 4.74 Å². The molecule has 0 saturated carbocycles. The summed E-state index contributed by atoms with van der Waals surface area (Å²) < 4.78 is 7.52. The van der Waals surface area contributed by atoms with E-state index in [1.807, 2.05) is 19.1 Å². The van der Waals surface area contributed by atoms with Gasteiger partial charge in [-0.1, -0.05) is 0 Å². The van der Waals surface area contributed by atoms with E-state index in [0.717, 1.165) is 30.2 Å². The molecule has 8 heteroatoms.